The van der Waals surface area contributed by atoms with Gasteiger partial charge in [0.05, 0.1) is 12.2 Å². The molecule has 1 aliphatic rings. The number of carbonyl (C=O) groups is 3. The van der Waals surface area contributed by atoms with Crippen molar-refractivity contribution < 1.29 is 14.4 Å². The van der Waals surface area contributed by atoms with E-state index < -0.39 is 17.8 Å². The predicted octanol–water partition coefficient (Wildman–Crippen LogP) is 2.84. The molecule has 0 saturated carbocycles. The summed E-state index contributed by atoms with van der Waals surface area (Å²) < 4.78 is 0. The number of hydrogen-bond acceptors (Lipinski definition) is 3. The van der Waals surface area contributed by atoms with Gasteiger partial charge in [0.2, 0.25) is 0 Å². The Kier molecular flexibility index (Phi) is 3.65. The highest BCUT2D eigenvalue weighted by Crippen LogP contribution is 2.25. The summed E-state index contributed by atoms with van der Waals surface area (Å²) in [5.74, 6) is -1.71. The van der Waals surface area contributed by atoms with E-state index in [1.807, 2.05) is 6.07 Å². The van der Waals surface area contributed by atoms with Crippen molar-refractivity contribution in [2.75, 3.05) is 4.90 Å². The first-order chi connectivity index (χ1) is 10.6. The molecule has 6 heteroatoms. The van der Waals surface area contributed by atoms with Gasteiger partial charge in [0.1, 0.15) is 0 Å². The van der Waals surface area contributed by atoms with Crippen LogP contribution in [-0.4, -0.2) is 22.7 Å². The SMILES string of the molecule is O=C1C(=O)N(c2cccc(Cl)c2)C(=O)N1Cc1ccccc1. The molecule has 0 bridgehead atoms. The number of hydrogen-bond donors (Lipinski definition) is 0. The molecular weight excluding hydrogens is 304 g/mol. The summed E-state index contributed by atoms with van der Waals surface area (Å²) in [6, 6.07) is 14.6. The minimum atomic E-state index is -0.872. The maximum Gasteiger partial charge on any atom is 0.339 e. The van der Waals surface area contributed by atoms with Gasteiger partial charge in [-0.1, -0.05) is 48.0 Å². The molecule has 1 fully saturated rings. The van der Waals surface area contributed by atoms with E-state index in [0.717, 1.165) is 15.4 Å². The van der Waals surface area contributed by atoms with E-state index in [-0.39, 0.29) is 12.2 Å². The van der Waals surface area contributed by atoms with Crippen molar-refractivity contribution in [3.05, 3.63) is 65.2 Å². The second kappa shape index (κ2) is 5.61. The summed E-state index contributed by atoms with van der Waals surface area (Å²) in [5, 5.41) is 0.382. The predicted molar refractivity (Wildman–Crippen MR) is 81.3 cm³/mol. The number of amides is 4. The minimum absolute atomic E-state index is 0.0569. The molecule has 2 aromatic rings. The van der Waals surface area contributed by atoms with Gasteiger partial charge in [-0.2, -0.15) is 0 Å². The van der Waals surface area contributed by atoms with Crippen LogP contribution in [0.1, 0.15) is 5.56 Å². The van der Waals surface area contributed by atoms with Gasteiger partial charge in [-0.05, 0) is 23.8 Å². The quantitative estimate of drug-likeness (QED) is 0.646. The number of imide groups is 2. The van der Waals surface area contributed by atoms with E-state index in [4.69, 9.17) is 11.6 Å². The van der Waals surface area contributed by atoms with Crippen molar-refractivity contribution >= 4 is 35.1 Å². The van der Waals surface area contributed by atoms with Crippen LogP contribution in [0.3, 0.4) is 0 Å². The van der Waals surface area contributed by atoms with Crippen LogP contribution in [0.2, 0.25) is 5.02 Å². The molecule has 0 N–H and O–H groups in total. The molecule has 0 spiro atoms. The molecule has 1 aliphatic heterocycles. The monoisotopic (exact) mass is 314 g/mol. The lowest BCUT2D eigenvalue weighted by Gasteiger charge is -2.15. The van der Waals surface area contributed by atoms with Crippen molar-refractivity contribution in [2.45, 2.75) is 6.54 Å². The Bertz CT molecular complexity index is 761. The van der Waals surface area contributed by atoms with E-state index >= 15 is 0 Å². The highest BCUT2D eigenvalue weighted by molar-refractivity contribution is 6.52. The van der Waals surface area contributed by atoms with E-state index in [1.165, 1.54) is 6.07 Å². The Morgan fingerprint density at radius 3 is 2.27 bits per heavy atom. The molecule has 1 saturated heterocycles. The molecule has 0 aliphatic carbocycles. The fourth-order valence-electron chi connectivity index (χ4n) is 2.25. The van der Waals surface area contributed by atoms with Gasteiger partial charge < -0.3 is 0 Å². The van der Waals surface area contributed by atoms with Crippen LogP contribution in [0.5, 0.6) is 0 Å². The van der Waals surface area contributed by atoms with Crippen LogP contribution < -0.4 is 4.90 Å². The van der Waals surface area contributed by atoms with Gasteiger partial charge in [0.25, 0.3) is 0 Å². The Morgan fingerprint density at radius 2 is 1.59 bits per heavy atom. The largest absolute Gasteiger partial charge is 0.339 e. The maximum atomic E-state index is 12.4. The second-order valence-electron chi connectivity index (χ2n) is 4.78. The number of urea groups is 1. The fourth-order valence-corrected chi connectivity index (χ4v) is 2.44. The summed E-state index contributed by atoms with van der Waals surface area (Å²) in [5.41, 5.74) is 1.05. The first-order valence-corrected chi connectivity index (χ1v) is 6.95. The van der Waals surface area contributed by atoms with Crippen LogP contribution in [0.4, 0.5) is 10.5 Å². The molecule has 0 radical (unpaired) electrons. The minimum Gasteiger partial charge on any atom is -0.263 e. The molecular formula is C16H11ClN2O3. The Balaban J connectivity index is 1.91. The number of rotatable bonds is 3. The molecule has 3 rings (SSSR count). The third kappa shape index (κ3) is 2.46. The Hall–Kier alpha value is -2.66. The first kappa shape index (κ1) is 14.3. The number of benzene rings is 2. The summed E-state index contributed by atoms with van der Waals surface area (Å²) in [6.45, 7) is 0.0569. The third-order valence-electron chi connectivity index (χ3n) is 3.30. The summed E-state index contributed by atoms with van der Waals surface area (Å²) in [6.07, 6.45) is 0. The van der Waals surface area contributed by atoms with Crippen molar-refractivity contribution in [3.63, 3.8) is 0 Å². The van der Waals surface area contributed by atoms with Crippen LogP contribution in [0.25, 0.3) is 0 Å². The zero-order chi connectivity index (χ0) is 15.7. The topological polar surface area (TPSA) is 57.7 Å². The summed E-state index contributed by atoms with van der Waals surface area (Å²) in [7, 11) is 0. The van der Waals surface area contributed by atoms with Crippen LogP contribution in [0, 0.1) is 0 Å². The average molecular weight is 315 g/mol. The summed E-state index contributed by atoms with van der Waals surface area (Å²) in [4.78, 5) is 38.4. The number of nitrogens with zero attached hydrogens (tertiary/aromatic N) is 2. The average Bonchev–Trinajstić information content (AvgIpc) is 2.72. The molecule has 110 valence electrons. The lowest BCUT2D eigenvalue weighted by molar-refractivity contribution is -0.139. The standard InChI is InChI=1S/C16H11ClN2O3/c17-12-7-4-8-13(9-12)19-15(21)14(20)18(16(19)22)10-11-5-2-1-3-6-11/h1-9H,10H2. The van der Waals surface area contributed by atoms with Gasteiger partial charge in [-0.3, -0.25) is 14.5 Å². The molecule has 22 heavy (non-hydrogen) atoms. The molecule has 1 heterocycles. The van der Waals surface area contributed by atoms with Crippen molar-refractivity contribution in [1.29, 1.82) is 0 Å². The normalized spacial score (nSPS) is 14.9. The van der Waals surface area contributed by atoms with Gasteiger partial charge in [0.15, 0.2) is 0 Å². The highest BCUT2D eigenvalue weighted by atomic mass is 35.5. The lowest BCUT2D eigenvalue weighted by atomic mass is 10.2. The van der Waals surface area contributed by atoms with Gasteiger partial charge in [-0.25, -0.2) is 9.69 Å². The fraction of sp³-hybridized carbons (Fsp3) is 0.0625. The van der Waals surface area contributed by atoms with E-state index in [0.29, 0.717) is 5.02 Å². The Morgan fingerprint density at radius 1 is 0.864 bits per heavy atom. The van der Waals surface area contributed by atoms with Crippen LogP contribution >= 0.6 is 11.6 Å². The molecule has 4 amide bonds. The van der Waals surface area contributed by atoms with E-state index in [2.05, 4.69) is 0 Å². The smallest absolute Gasteiger partial charge is 0.263 e. The van der Waals surface area contributed by atoms with Crippen molar-refractivity contribution in [3.8, 4) is 0 Å². The van der Waals surface area contributed by atoms with E-state index in [1.54, 1.807) is 42.5 Å². The van der Waals surface area contributed by atoms with Crippen molar-refractivity contribution in [2.24, 2.45) is 0 Å². The molecule has 2 aromatic carbocycles. The third-order valence-corrected chi connectivity index (χ3v) is 3.54. The zero-order valence-corrected chi connectivity index (χ0v) is 12.2. The van der Waals surface area contributed by atoms with Crippen molar-refractivity contribution in [1.82, 2.24) is 4.90 Å². The Labute approximate surface area is 131 Å². The zero-order valence-electron chi connectivity index (χ0n) is 11.4. The molecule has 5 nitrogen and oxygen atoms in total. The first-order valence-electron chi connectivity index (χ1n) is 6.57. The molecule has 0 aromatic heterocycles. The van der Waals surface area contributed by atoms with E-state index in [9.17, 15) is 14.4 Å². The number of carbonyl (C=O) groups excluding carboxylic acids is 3. The number of anilines is 1. The van der Waals surface area contributed by atoms with Crippen LogP contribution in [0.15, 0.2) is 54.6 Å². The van der Waals surface area contributed by atoms with Crippen LogP contribution in [-0.2, 0) is 16.1 Å². The summed E-state index contributed by atoms with van der Waals surface area (Å²) >= 11 is 5.87. The number of halogens is 1. The van der Waals surface area contributed by atoms with Gasteiger partial charge in [0, 0.05) is 5.02 Å². The maximum absolute atomic E-state index is 12.4. The van der Waals surface area contributed by atoms with Gasteiger partial charge in [-0.15, -0.1) is 0 Å². The molecule has 0 unspecified atom stereocenters. The van der Waals surface area contributed by atoms with Gasteiger partial charge >= 0.3 is 17.8 Å². The second-order valence-corrected chi connectivity index (χ2v) is 5.22. The highest BCUT2D eigenvalue weighted by Gasteiger charge is 2.45. The lowest BCUT2D eigenvalue weighted by Crippen LogP contribution is -2.33. The molecule has 0 atom stereocenters.